The molecule has 0 radical (unpaired) electrons. The largest absolute Gasteiger partial charge is 0.421 e. The zero-order chi connectivity index (χ0) is 17.9. The van der Waals surface area contributed by atoms with Crippen LogP contribution in [0.3, 0.4) is 0 Å². The van der Waals surface area contributed by atoms with E-state index in [0.29, 0.717) is 11.1 Å². The summed E-state index contributed by atoms with van der Waals surface area (Å²) in [4.78, 5) is 29.1. The van der Waals surface area contributed by atoms with Crippen molar-refractivity contribution in [3.05, 3.63) is 94.8 Å². The third-order valence-corrected chi connectivity index (χ3v) is 3.85. The molecule has 0 saturated heterocycles. The summed E-state index contributed by atoms with van der Waals surface area (Å²) in [6.45, 7) is 0. The van der Waals surface area contributed by atoms with Gasteiger partial charge in [-0.1, -0.05) is 42.5 Å². The average molecular weight is 343 g/mol. The Balaban J connectivity index is 1.81. The van der Waals surface area contributed by atoms with Crippen molar-refractivity contribution in [1.82, 2.24) is 4.98 Å². The van der Waals surface area contributed by atoms with Gasteiger partial charge >= 0.3 is 11.6 Å². The molecule has 1 heterocycles. The lowest BCUT2D eigenvalue weighted by Gasteiger charge is -2.08. The van der Waals surface area contributed by atoms with Gasteiger partial charge in [-0.25, -0.2) is 14.6 Å². The number of benzene rings is 3. The second kappa shape index (κ2) is 6.64. The van der Waals surface area contributed by atoms with E-state index in [0.717, 1.165) is 0 Å². The fourth-order valence-electron chi connectivity index (χ4n) is 2.59. The van der Waals surface area contributed by atoms with Gasteiger partial charge < -0.3 is 9.15 Å². The van der Waals surface area contributed by atoms with Gasteiger partial charge in [0.2, 0.25) is 5.89 Å². The van der Waals surface area contributed by atoms with E-state index in [9.17, 15) is 9.59 Å². The molecule has 0 aliphatic heterocycles. The zero-order valence-corrected chi connectivity index (χ0v) is 13.6. The van der Waals surface area contributed by atoms with Gasteiger partial charge in [-0.05, 0) is 36.4 Å². The molecule has 0 amide bonds. The summed E-state index contributed by atoms with van der Waals surface area (Å²) in [5.74, 6) is -0.137. The number of rotatable bonds is 3. The Bertz CT molecular complexity index is 1130. The number of carbonyl (C=O) groups excluding carboxylic acids is 1. The van der Waals surface area contributed by atoms with E-state index in [4.69, 9.17) is 9.15 Å². The number of aromatic nitrogens is 1. The number of fused-ring (bicyclic) bond motifs is 1. The van der Waals surface area contributed by atoms with Crippen LogP contribution in [0, 0.1) is 0 Å². The van der Waals surface area contributed by atoms with Crippen molar-refractivity contribution < 1.29 is 13.9 Å². The molecule has 0 saturated carbocycles. The molecule has 0 bridgehead atoms. The molecule has 4 rings (SSSR count). The van der Waals surface area contributed by atoms with Gasteiger partial charge in [-0.2, -0.15) is 0 Å². The van der Waals surface area contributed by atoms with E-state index in [1.165, 1.54) is 0 Å². The first-order chi connectivity index (χ1) is 12.7. The summed E-state index contributed by atoms with van der Waals surface area (Å²) in [7, 11) is 0. The molecule has 4 aromatic rings. The molecule has 5 heteroatoms. The van der Waals surface area contributed by atoms with Gasteiger partial charge in [-0.15, -0.1) is 0 Å². The van der Waals surface area contributed by atoms with Gasteiger partial charge in [0.15, 0.2) is 5.75 Å². The number of ether oxygens (including phenoxy) is 1. The van der Waals surface area contributed by atoms with Crippen LogP contribution >= 0.6 is 0 Å². The molecule has 26 heavy (non-hydrogen) atoms. The molecule has 1 aromatic heterocycles. The average Bonchev–Trinajstić information content (AvgIpc) is 2.70. The maximum Gasteiger partial charge on any atom is 0.347 e. The van der Waals surface area contributed by atoms with E-state index in [2.05, 4.69) is 4.98 Å². The highest BCUT2D eigenvalue weighted by Crippen LogP contribution is 2.25. The fourth-order valence-corrected chi connectivity index (χ4v) is 2.59. The quantitative estimate of drug-likeness (QED) is 0.414. The SMILES string of the molecule is O=C(Oc1cccc2c(=O)oc(-c3ccccc3)nc12)c1ccccc1. The van der Waals surface area contributed by atoms with Crippen LogP contribution in [-0.2, 0) is 0 Å². The standard InChI is InChI=1S/C21H13NO4/c23-20(15-10-5-2-6-11-15)25-17-13-7-12-16-18(17)22-19(26-21(16)24)14-8-3-1-4-9-14/h1-13H. The van der Waals surface area contributed by atoms with Crippen LogP contribution in [0.2, 0.25) is 0 Å². The Morgan fingerprint density at radius 3 is 2.27 bits per heavy atom. The summed E-state index contributed by atoms with van der Waals surface area (Å²) in [6, 6.07) is 22.5. The number of nitrogens with zero attached hydrogens (tertiary/aromatic N) is 1. The Kier molecular flexibility index (Phi) is 4.03. The van der Waals surface area contributed by atoms with E-state index in [1.54, 1.807) is 54.6 Å². The summed E-state index contributed by atoms with van der Waals surface area (Å²) in [5, 5.41) is 0.253. The van der Waals surface area contributed by atoms with Crippen molar-refractivity contribution in [3.63, 3.8) is 0 Å². The number of hydrogen-bond donors (Lipinski definition) is 0. The maximum atomic E-state index is 12.3. The highest BCUT2D eigenvalue weighted by molar-refractivity contribution is 5.94. The van der Waals surface area contributed by atoms with Crippen molar-refractivity contribution in [2.75, 3.05) is 0 Å². The van der Waals surface area contributed by atoms with Crippen LogP contribution in [-0.4, -0.2) is 11.0 Å². The van der Waals surface area contributed by atoms with Gasteiger partial charge in [0.05, 0.1) is 10.9 Å². The number of hydrogen-bond acceptors (Lipinski definition) is 5. The molecular formula is C21H13NO4. The first kappa shape index (κ1) is 15.8. The number of para-hydroxylation sites is 1. The third kappa shape index (κ3) is 2.98. The molecule has 0 aliphatic rings. The maximum absolute atomic E-state index is 12.3. The first-order valence-electron chi connectivity index (χ1n) is 7.99. The topological polar surface area (TPSA) is 69.4 Å². The van der Waals surface area contributed by atoms with Gasteiger partial charge in [0, 0.05) is 5.56 Å². The Morgan fingerprint density at radius 2 is 1.54 bits per heavy atom. The molecule has 3 aromatic carbocycles. The van der Waals surface area contributed by atoms with E-state index < -0.39 is 11.6 Å². The van der Waals surface area contributed by atoms with Crippen LogP contribution in [0.5, 0.6) is 5.75 Å². The zero-order valence-electron chi connectivity index (χ0n) is 13.6. The summed E-state index contributed by atoms with van der Waals surface area (Å²) >= 11 is 0. The molecular weight excluding hydrogens is 330 g/mol. The molecule has 0 spiro atoms. The monoisotopic (exact) mass is 343 g/mol. The van der Waals surface area contributed by atoms with Crippen molar-refractivity contribution >= 4 is 16.9 Å². The number of carbonyl (C=O) groups is 1. The first-order valence-corrected chi connectivity index (χ1v) is 7.99. The Labute approximate surface area is 148 Å². The lowest BCUT2D eigenvalue weighted by molar-refractivity contribution is 0.0736. The van der Waals surface area contributed by atoms with Crippen LogP contribution < -0.4 is 10.4 Å². The molecule has 0 unspecified atom stereocenters. The fraction of sp³-hybridized carbons (Fsp3) is 0. The predicted octanol–water partition coefficient (Wildman–Crippen LogP) is 4.07. The molecule has 0 atom stereocenters. The van der Waals surface area contributed by atoms with Crippen molar-refractivity contribution in [2.24, 2.45) is 0 Å². The van der Waals surface area contributed by atoms with Crippen molar-refractivity contribution in [1.29, 1.82) is 0 Å². The van der Waals surface area contributed by atoms with Crippen LogP contribution in [0.1, 0.15) is 10.4 Å². The summed E-state index contributed by atoms with van der Waals surface area (Å²) in [6.07, 6.45) is 0. The van der Waals surface area contributed by atoms with Crippen molar-refractivity contribution in [2.45, 2.75) is 0 Å². The van der Waals surface area contributed by atoms with E-state index in [-0.39, 0.29) is 22.5 Å². The van der Waals surface area contributed by atoms with E-state index in [1.807, 2.05) is 24.3 Å². The second-order valence-corrected chi connectivity index (χ2v) is 5.58. The minimum atomic E-state index is -0.536. The lowest BCUT2D eigenvalue weighted by Crippen LogP contribution is -2.10. The third-order valence-electron chi connectivity index (χ3n) is 3.85. The van der Waals surface area contributed by atoms with Crippen LogP contribution in [0.25, 0.3) is 22.4 Å². The smallest absolute Gasteiger partial charge is 0.347 e. The number of esters is 1. The van der Waals surface area contributed by atoms with Crippen molar-refractivity contribution in [3.8, 4) is 17.2 Å². The van der Waals surface area contributed by atoms with Crippen LogP contribution in [0.15, 0.2) is 88.1 Å². The molecule has 126 valence electrons. The minimum absolute atomic E-state index is 0.173. The summed E-state index contributed by atoms with van der Waals surface area (Å²) < 4.78 is 10.8. The highest BCUT2D eigenvalue weighted by Gasteiger charge is 2.15. The molecule has 0 aliphatic carbocycles. The van der Waals surface area contributed by atoms with Gasteiger partial charge in [0.1, 0.15) is 5.52 Å². The normalized spacial score (nSPS) is 10.6. The molecule has 5 nitrogen and oxygen atoms in total. The second-order valence-electron chi connectivity index (χ2n) is 5.58. The lowest BCUT2D eigenvalue weighted by atomic mass is 10.2. The Morgan fingerprint density at radius 1 is 0.846 bits per heavy atom. The van der Waals surface area contributed by atoms with Crippen LogP contribution in [0.4, 0.5) is 0 Å². The molecule has 0 fully saturated rings. The van der Waals surface area contributed by atoms with Gasteiger partial charge in [0.25, 0.3) is 0 Å². The van der Waals surface area contributed by atoms with E-state index >= 15 is 0 Å². The predicted molar refractivity (Wildman–Crippen MR) is 97.1 cm³/mol. The highest BCUT2D eigenvalue weighted by atomic mass is 16.5. The summed E-state index contributed by atoms with van der Waals surface area (Å²) in [5.41, 5.74) is 0.824. The van der Waals surface area contributed by atoms with Gasteiger partial charge in [-0.3, -0.25) is 0 Å². The Hall–Kier alpha value is -3.73. The minimum Gasteiger partial charge on any atom is -0.421 e. The molecule has 0 N–H and O–H groups in total.